The van der Waals surface area contributed by atoms with Crippen molar-refractivity contribution >= 4 is 28.3 Å². The van der Waals surface area contributed by atoms with Gasteiger partial charge in [-0.1, -0.05) is 0 Å². The van der Waals surface area contributed by atoms with Gasteiger partial charge in [-0.15, -0.1) is 0 Å². The largest absolute Gasteiger partial charge is 0.493 e. The number of ether oxygens (including phenoxy) is 2. The first-order valence-corrected chi connectivity index (χ1v) is 9.78. The molecule has 0 radical (unpaired) electrons. The second-order valence-corrected chi connectivity index (χ2v) is 7.13. The first-order valence-electron chi connectivity index (χ1n) is 9.78. The average molecular weight is 433 g/mol. The van der Waals surface area contributed by atoms with Gasteiger partial charge in [0, 0.05) is 27.8 Å². The molecular weight excluding hydrogens is 413 g/mol. The highest BCUT2D eigenvalue weighted by Crippen LogP contribution is 2.32. The molecule has 7 heteroatoms. The first-order chi connectivity index (χ1) is 15.4. The number of benzene rings is 3. The molecule has 0 atom stereocenters. The molecule has 0 fully saturated rings. The van der Waals surface area contributed by atoms with Crippen LogP contribution in [0.15, 0.2) is 65.1 Å². The Morgan fingerprint density at radius 1 is 0.875 bits per heavy atom. The van der Waals surface area contributed by atoms with Crippen LogP contribution in [-0.2, 0) is 0 Å². The molecule has 0 aliphatic heterocycles. The second kappa shape index (κ2) is 8.55. The third-order valence-corrected chi connectivity index (χ3v) is 5.15. The predicted octanol–water partition coefficient (Wildman–Crippen LogP) is 5.38. The zero-order chi connectivity index (χ0) is 22.8. The molecule has 1 aromatic heterocycles. The summed E-state index contributed by atoms with van der Waals surface area (Å²) in [6, 6.07) is 15.3. The molecule has 1 N–H and O–H groups in total. The lowest BCUT2D eigenvalue weighted by molar-refractivity contribution is 0.101. The molecule has 0 aliphatic rings. The quantitative estimate of drug-likeness (QED) is 0.413. The van der Waals surface area contributed by atoms with Gasteiger partial charge in [-0.2, -0.15) is 0 Å². The molecule has 0 saturated heterocycles. The van der Waals surface area contributed by atoms with Crippen LogP contribution in [0.3, 0.4) is 0 Å². The maximum absolute atomic E-state index is 13.1. The third kappa shape index (κ3) is 3.92. The minimum Gasteiger partial charge on any atom is -0.493 e. The molecule has 0 saturated carbocycles. The maximum Gasteiger partial charge on any atom is 0.255 e. The maximum atomic E-state index is 13.1. The zero-order valence-corrected chi connectivity index (χ0v) is 17.7. The number of methoxy groups -OCH3 is 2. The molecule has 6 nitrogen and oxygen atoms in total. The van der Waals surface area contributed by atoms with E-state index in [-0.39, 0.29) is 17.5 Å². The summed E-state index contributed by atoms with van der Waals surface area (Å²) in [5.41, 5.74) is 2.43. The number of halogens is 1. The van der Waals surface area contributed by atoms with Gasteiger partial charge >= 0.3 is 0 Å². The fourth-order valence-corrected chi connectivity index (χ4v) is 3.43. The number of anilines is 1. The number of rotatable bonds is 6. The molecule has 1 heterocycles. The van der Waals surface area contributed by atoms with Gasteiger partial charge in [0.15, 0.2) is 17.3 Å². The molecule has 3 aromatic carbocycles. The Labute approximate surface area is 183 Å². The van der Waals surface area contributed by atoms with Crippen molar-refractivity contribution in [3.8, 4) is 11.5 Å². The summed E-state index contributed by atoms with van der Waals surface area (Å²) in [4.78, 5) is 25.5. The van der Waals surface area contributed by atoms with E-state index in [1.807, 2.05) is 0 Å². The number of aryl methyl sites for hydroxylation is 1. The van der Waals surface area contributed by atoms with Crippen LogP contribution in [0.2, 0.25) is 0 Å². The molecule has 0 spiro atoms. The lowest BCUT2D eigenvalue weighted by atomic mass is 10.0. The van der Waals surface area contributed by atoms with Gasteiger partial charge in [0.1, 0.15) is 11.4 Å². The molecule has 4 rings (SSSR count). The number of hydrogen-bond acceptors (Lipinski definition) is 5. The molecule has 4 aromatic rings. The van der Waals surface area contributed by atoms with E-state index in [1.165, 1.54) is 38.5 Å². The molecule has 32 heavy (non-hydrogen) atoms. The number of carbonyl (C=O) groups excluding carboxylic acids is 2. The predicted molar refractivity (Wildman–Crippen MR) is 118 cm³/mol. The van der Waals surface area contributed by atoms with Crippen LogP contribution in [0, 0.1) is 12.7 Å². The second-order valence-electron chi connectivity index (χ2n) is 7.13. The Hall–Kier alpha value is -4.13. The van der Waals surface area contributed by atoms with Gasteiger partial charge < -0.3 is 19.2 Å². The number of fused-ring (bicyclic) bond motifs is 1. The van der Waals surface area contributed by atoms with Gasteiger partial charge in [0.2, 0.25) is 5.78 Å². The lowest BCUT2D eigenvalue weighted by Crippen LogP contribution is -2.11. The van der Waals surface area contributed by atoms with Crippen molar-refractivity contribution in [2.75, 3.05) is 19.5 Å². The topological polar surface area (TPSA) is 77.8 Å². The van der Waals surface area contributed by atoms with E-state index >= 15 is 0 Å². The average Bonchev–Trinajstić information content (AvgIpc) is 3.14. The molecule has 1 amide bonds. The standard InChI is InChI=1S/C25H20FNO5/c1-14-19-13-18(27-25(29)15-4-7-17(26)8-5-15)9-11-20(19)32-24(14)23(28)16-6-10-21(30-2)22(12-16)31-3/h4-13H,1-3H3,(H,27,29). The van der Waals surface area contributed by atoms with Crippen molar-refractivity contribution in [1.29, 1.82) is 0 Å². The van der Waals surface area contributed by atoms with E-state index in [2.05, 4.69) is 5.32 Å². The first kappa shape index (κ1) is 21.1. The molecule has 162 valence electrons. The molecule has 0 bridgehead atoms. The van der Waals surface area contributed by atoms with E-state index in [9.17, 15) is 14.0 Å². The minimum atomic E-state index is -0.413. The van der Waals surface area contributed by atoms with Crippen molar-refractivity contribution in [1.82, 2.24) is 0 Å². The van der Waals surface area contributed by atoms with E-state index in [0.29, 0.717) is 44.8 Å². The minimum absolute atomic E-state index is 0.203. The summed E-state index contributed by atoms with van der Waals surface area (Å²) in [5.74, 6) is 0.0893. The van der Waals surface area contributed by atoms with Crippen LogP contribution < -0.4 is 14.8 Å². The number of ketones is 1. The number of furan rings is 1. The number of hydrogen-bond donors (Lipinski definition) is 1. The number of amides is 1. The highest BCUT2D eigenvalue weighted by atomic mass is 19.1. The highest BCUT2D eigenvalue weighted by Gasteiger charge is 2.21. The normalized spacial score (nSPS) is 10.8. The summed E-state index contributed by atoms with van der Waals surface area (Å²) in [5, 5.41) is 3.48. The van der Waals surface area contributed by atoms with Crippen LogP contribution >= 0.6 is 0 Å². The van der Waals surface area contributed by atoms with E-state index < -0.39 is 5.82 Å². The van der Waals surface area contributed by atoms with Crippen LogP contribution in [0.4, 0.5) is 10.1 Å². The van der Waals surface area contributed by atoms with Gasteiger partial charge in [0.05, 0.1) is 14.2 Å². The third-order valence-electron chi connectivity index (χ3n) is 5.15. The molecular formula is C25H20FNO5. The van der Waals surface area contributed by atoms with Gasteiger partial charge in [0.25, 0.3) is 5.91 Å². The Morgan fingerprint density at radius 2 is 1.56 bits per heavy atom. The summed E-state index contributed by atoms with van der Waals surface area (Å²) < 4.78 is 29.4. The summed E-state index contributed by atoms with van der Waals surface area (Å²) >= 11 is 0. The zero-order valence-electron chi connectivity index (χ0n) is 17.7. The Morgan fingerprint density at radius 3 is 2.25 bits per heavy atom. The summed E-state index contributed by atoms with van der Waals surface area (Å²) in [7, 11) is 3.02. The van der Waals surface area contributed by atoms with Crippen LogP contribution in [0.25, 0.3) is 11.0 Å². The molecule has 0 unspecified atom stereocenters. The van der Waals surface area contributed by atoms with Gasteiger partial charge in [-0.05, 0) is 67.6 Å². The fourth-order valence-electron chi connectivity index (χ4n) is 3.43. The summed E-state index contributed by atoms with van der Waals surface area (Å²) in [6.07, 6.45) is 0. The Kier molecular flexibility index (Phi) is 5.64. The smallest absolute Gasteiger partial charge is 0.255 e. The number of nitrogens with one attached hydrogen (secondary N) is 1. The van der Waals surface area contributed by atoms with Crippen molar-refractivity contribution < 1.29 is 27.9 Å². The molecule has 0 aliphatic carbocycles. The number of carbonyl (C=O) groups is 2. The lowest BCUT2D eigenvalue weighted by Gasteiger charge is -2.08. The van der Waals surface area contributed by atoms with E-state index in [0.717, 1.165) is 0 Å². The Bertz CT molecular complexity index is 1320. The highest BCUT2D eigenvalue weighted by molar-refractivity contribution is 6.11. The van der Waals surface area contributed by atoms with Crippen molar-refractivity contribution in [2.45, 2.75) is 6.92 Å². The monoisotopic (exact) mass is 433 g/mol. The van der Waals surface area contributed by atoms with Crippen LogP contribution in [0.1, 0.15) is 32.0 Å². The fraction of sp³-hybridized carbons (Fsp3) is 0.120. The van der Waals surface area contributed by atoms with Gasteiger partial charge in [-0.25, -0.2) is 4.39 Å². The van der Waals surface area contributed by atoms with Crippen molar-refractivity contribution in [2.24, 2.45) is 0 Å². The summed E-state index contributed by atoms with van der Waals surface area (Å²) in [6.45, 7) is 1.78. The van der Waals surface area contributed by atoms with Crippen molar-refractivity contribution in [3.05, 3.63) is 88.9 Å². The SMILES string of the molecule is COc1ccc(C(=O)c2oc3ccc(NC(=O)c4ccc(F)cc4)cc3c2C)cc1OC. The van der Waals surface area contributed by atoms with Gasteiger partial charge in [-0.3, -0.25) is 9.59 Å². The van der Waals surface area contributed by atoms with Crippen LogP contribution in [0.5, 0.6) is 11.5 Å². The van der Waals surface area contributed by atoms with E-state index in [4.69, 9.17) is 13.9 Å². The Balaban J connectivity index is 1.64. The van der Waals surface area contributed by atoms with Crippen LogP contribution in [-0.4, -0.2) is 25.9 Å². The van der Waals surface area contributed by atoms with Crippen molar-refractivity contribution in [3.63, 3.8) is 0 Å². The van der Waals surface area contributed by atoms with E-state index in [1.54, 1.807) is 43.3 Å².